The van der Waals surface area contributed by atoms with Crippen molar-refractivity contribution in [3.8, 4) is 0 Å². The van der Waals surface area contributed by atoms with Gasteiger partial charge in [0.1, 0.15) is 5.82 Å². The zero-order valence-corrected chi connectivity index (χ0v) is 10.4. The average molecular weight is 251 g/mol. The van der Waals surface area contributed by atoms with Crippen LogP contribution in [-0.4, -0.2) is 37.6 Å². The molecular weight excluding hydrogens is 233 g/mol. The molecule has 1 fully saturated rings. The molecule has 1 aliphatic rings. The highest BCUT2D eigenvalue weighted by molar-refractivity contribution is 5.89. The average Bonchev–Trinajstić information content (AvgIpc) is 2.76. The van der Waals surface area contributed by atoms with E-state index in [1.165, 1.54) is 12.1 Å². The van der Waals surface area contributed by atoms with Crippen LogP contribution >= 0.6 is 0 Å². The summed E-state index contributed by atoms with van der Waals surface area (Å²) in [7, 11) is 2.07. The summed E-state index contributed by atoms with van der Waals surface area (Å²) in [6.45, 7) is 2.70. The molecule has 0 saturated carbocycles. The number of anilines is 1. The molecule has 2 rings (SSSR count). The topological polar surface area (TPSA) is 44.4 Å². The first kappa shape index (κ1) is 12.8. The number of carbonyl (C=O) groups excluding carboxylic acids is 1. The maximum atomic E-state index is 13.3. The second-order valence-corrected chi connectivity index (χ2v) is 4.73. The van der Waals surface area contributed by atoms with E-state index >= 15 is 0 Å². The zero-order valence-electron chi connectivity index (χ0n) is 10.4. The van der Waals surface area contributed by atoms with E-state index in [2.05, 4.69) is 22.6 Å². The molecule has 1 saturated heterocycles. The summed E-state index contributed by atoms with van der Waals surface area (Å²) in [5.74, 6) is 0.0645. The number of carbonyl (C=O) groups is 1. The molecule has 2 N–H and O–H groups in total. The number of nitrogens with zero attached hydrogens (tertiary/aromatic N) is 1. The lowest BCUT2D eigenvalue weighted by Crippen LogP contribution is -2.34. The van der Waals surface area contributed by atoms with Crippen molar-refractivity contribution in [3.05, 3.63) is 30.1 Å². The Labute approximate surface area is 106 Å². The molecule has 2 amide bonds. The van der Waals surface area contributed by atoms with Gasteiger partial charge in [-0.3, -0.25) is 0 Å². The van der Waals surface area contributed by atoms with Gasteiger partial charge in [-0.2, -0.15) is 0 Å². The van der Waals surface area contributed by atoms with Crippen LogP contribution in [0.25, 0.3) is 0 Å². The fourth-order valence-corrected chi connectivity index (χ4v) is 2.16. The van der Waals surface area contributed by atoms with Gasteiger partial charge in [-0.15, -0.1) is 0 Å². The minimum atomic E-state index is -0.423. The summed E-state index contributed by atoms with van der Waals surface area (Å²) in [6.07, 6.45) is 1.09. The lowest BCUT2D eigenvalue weighted by Gasteiger charge is -2.12. The van der Waals surface area contributed by atoms with Crippen molar-refractivity contribution >= 4 is 11.7 Å². The fraction of sp³-hybridized carbons (Fsp3) is 0.462. The number of hydrogen-bond acceptors (Lipinski definition) is 2. The lowest BCUT2D eigenvalue weighted by molar-refractivity contribution is 0.250. The Morgan fingerprint density at radius 3 is 2.94 bits per heavy atom. The Bertz CT molecular complexity index is 424. The van der Waals surface area contributed by atoms with E-state index in [9.17, 15) is 9.18 Å². The molecule has 0 bridgehead atoms. The maximum absolute atomic E-state index is 13.3. The van der Waals surface area contributed by atoms with Crippen molar-refractivity contribution in [1.29, 1.82) is 0 Å². The SMILES string of the molecule is CN1CC[C@@H](CNC(=O)Nc2ccccc2F)C1. The van der Waals surface area contributed by atoms with Gasteiger partial charge in [-0.25, -0.2) is 9.18 Å². The van der Waals surface area contributed by atoms with Gasteiger partial charge in [0, 0.05) is 13.1 Å². The largest absolute Gasteiger partial charge is 0.338 e. The summed E-state index contributed by atoms with van der Waals surface area (Å²) in [6, 6.07) is 5.78. The molecule has 1 atom stereocenters. The van der Waals surface area contributed by atoms with Gasteiger partial charge >= 0.3 is 6.03 Å². The van der Waals surface area contributed by atoms with Crippen molar-refractivity contribution in [1.82, 2.24) is 10.2 Å². The Hall–Kier alpha value is -1.62. The summed E-state index contributed by atoms with van der Waals surface area (Å²) in [4.78, 5) is 13.8. The van der Waals surface area contributed by atoms with Crippen LogP contribution in [0.3, 0.4) is 0 Å². The molecule has 1 aliphatic heterocycles. The van der Waals surface area contributed by atoms with Crippen LogP contribution in [0.5, 0.6) is 0 Å². The number of nitrogens with one attached hydrogen (secondary N) is 2. The van der Waals surface area contributed by atoms with Gasteiger partial charge in [0.25, 0.3) is 0 Å². The molecule has 1 heterocycles. The molecule has 0 unspecified atom stereocenters. The Morgan fingerprint density at radius 2 is 2.28 bits per heavy atom. The van der Waals surface area contributed by atoms with Gasteiger partial charge in [0.2, 0.25) is 0 Å². The summed E-state index contributed by atoms with van der Waals surface area (Å²) >= 11 is 0. The monoisotopic (exact) mass is 251 g/mol. The van der Waals surface area contributed by atoms with Gasteiger partial charge in [-0.1, -0.05) is 12.1 Å². The normalized spacial score (nSPS) is 19.8. The van der Waals surface area contributed by atoms with Crippen LogP contribution in [0, 0.1) is 11.7 Å². The van der Waals surface area contributed by atoms with Gasteiger partial charge in [-0.05, 0) is 38.1 Å². The van der Waals surface area contributed by atoms with E-state index < -0.39 is 5.82 Å². The van der Waals surface area contributed by atoms with E-state index in [0.29, 0.717) is 12.5 Å². The molecule has 1 aromatic carbocycles. The van der Waals surface area contributed by atoms with Crippen LogP contribution in [0.1, 0.15) is 6.42 Å². The van der Waals surface area contributed by atoms with Crippen molar-refractivity contribution in [2.75, 3.05) is 32.0 Å². The summed E-state index contributed by atoms with van der Waals surface area (Å²) in [5, 5.41) is 5.28. The third-order valence-electron chi connectivity index (χ3n) is 3.16. The number of halogens is 1. The van der Waals surface area contributed by atoms with Crippen LogP contribution in [-0.2, 0) is 0 Å². The first-order valence-corrected chi connectivity index (χ1v) is 6.13. The minimum absolute atomic E-state index is 0.207. The van der Waals surface area contributed by atoms with E-state index in [1.54, 1.807) is 12.1 Å². The van der Waals surface area contributed by atoms with Crippen LogP contribution < -0.4 is 10.6 Å². The molecule has 0 aromatic heterocycles. The van der Waals surface area contributed by atoms with E-state index in [0.717, 1.165) is 19.5 Å². The molecular formula is C13H18FN3O. The van der Waals surface area contributed by atoms with Crippen LogP contribution in [0.4, 0.5) is 14.9 Å². The van der Waals surface area contributed by atoms with Crippen molar-refractivity contribution < 1.29 is 9.18 Å². The number of urea groups is 1. The van der Waals surface area contributed by atoms with E-state index in [-0.39, 0.29) is 11.7 Å². The molecule has 0 spiro atoms. The van der Waals surface area contributed by atoms with Gasteiger partial charge in [0.15, 0.2) is 0 Å². The first-order valence-electron chi connectivity index (χ1n) is 6.13. The quantitative estimate of drug-likeness (QED) is 0.861. The third-order valence-corrected chi connectivity index (χ3v) is 3.16. The number of hydrogen-bond donors (Lipinski definition) is 2. The molecule has 98 valence electrons. The second-order valence-electron chi connectivity index (χ2n) is 4.73. The van der Waals surface area contributed by atoms with E-state index in [4.69, 9.17) is 0 Å². The Balaban J connectivity index is 1.77. The standard InChI is InChI=1S/C13H18FN3O/c1-17-7-6-10(9-17)8-15-13(18)16-12-5-3-2-4-11(12)14/h2-5,10H,6-9H2,1H3,(H2,15,16,18)/t10-/m0/s1. The smallest absolute Gasteiger partial charge is 0.319 e. The van der Waals surface area contributed by atoms with Crippen molar-refractivity contribution in [2.24, 2.45) is 5.92 Å². The molecule has 1 aromatic rings. The van der Waals surface area contributed by atoms with Gasteiger partial charge in [0.05, 0.1) is 5.69 Å². The third kappa shape index (κ3) is 3.43. The van der Waals surface area contributed by atoms with E-state index in [1.807, 2.05) is 0 Å². The predicted molar refractivity (Wildman–Crippen MR) is 69.0 cm³/mol. The highest BCUT2D eigenvalue weighted by atomic mass is 19.1. The van der Waals surface area contributed by atoms with Gasteiger partial charge < -0.3 is 15.5 Å². The van der Waals surface area contributed by atoms with Crippen LogP contribution in [0.15, 0.2) is 24.3 Å². The number of para-hydroxylation sites is 1. The Kier molecular flexibility index (Phi) is 4.15. The Morgan fingerprint density at radius 1 is 1.50 bits per heavy atom. The maximum Gasteiger partial charge on any atom is 0.319 e. The molecule has 5 heteroatoms. The highest BCUT2D eigenvalue weighted by Crippen LogP contribution is 2.14. The fourth-order valence-electron chi connectivity index (χ4n) is 2.16. The number of amides is 2. The molecule has 0 radical (unpaired) electrons. The molecule has 4 nitrogen and oxygen atoms in total. The predicted octanol–water partition coefficient (Wildman–Crippen LogP) is 1.90. The number of benzene rings is 1. The number of likely N-dealkylation sites (tertiary alicyclic amines) is 1. The van der Waals surface area contributed by atoms with Crippen molar-refractivity contribution in [2.45, 2.75) is 6.42 Å². The molecule has 18 heavy (non-hydrogen) atoms. The van der Waals surface area contributed by atoms with Crippen LogP contribution in [0.2, 0.25) is 0 Å². The second kappa shape index (κ2) is 5.82. The molecule has 0 aliphatic carbocycles. The summed E-state index contributed by atoms with van der Waals surface area (Å²) in [5.41, 5.74) is 0.207. The highest BCUT2D eigenvalue weighted by Gasteiger charge is 2.19. The zero-order chi connectivity index (χ0) is 13.0. The minimum Gasteiger partial charge on any atom is -0.338 e. The summed E-state index contributed by atoms with van der Waals surface area (Å²) < 4.78 is 13.3. The van der Waals surface area contributed by atoms with Crippen molar-refractivity contribution in [3.63, 3.8) is 0 Å². The number of rotatable bonds is 3. The lowest BCUT2D eigenvalue weighted by atomic mass is 10.1. The first-order chi connectivity index (χ1) is 8.65.